The quantitative estimate of drug-likeness (QED) is 0.672. The van der Waals surface area contributed by atoms with Crippen molar-refractivity contribution in [1.82, 2.24) is 0 Å². The molecular weight excluding hydrogens is 200 g/mol. The number of ether oxygens (including phenoxy) is 1. The summed E-state index contributed by atoms with van der Waals surface area (Å²) in [6.45, 7) is 10.8. The lowest BCUT2D eigenvalue weighted by Gasteiger charge is -2.38. The van der Waals surface area contributed by atoms with Crippen molar-refractivity contribution >= 4 is 5.97 Å². The Morgan fingerprint density at radius 3 is 2.31 bits per heavy atom. The summed E-state index contributed by atoms with van der Waals surface area (Å²) in [5.74, 6) is 0.697. The van der Waals surface area contributed by atoms with Crippen molar-refractivity contribution in [2.24, 2.45) is 22.7 Å². The Kier molecular flexibility index (Phi) is 2.60. The number of hydrogen-bond acceptors (Lipinski definition) is 2. The molecule has 2 aliphatic rings. The van der Waals surface area contributed by atoms with E-state index in [1.54, 1.807) is 0 Å². The highest BCUT2D eigenvalue weighted by Crippen LogP contribution is 2.66. The van der Waals surface area contributed by atoms with Crippen LogP contribution < -0.4 is 0 Å². The molecule has 2 saturated carbocycles. The monoisotopic (exact) mass is 224 g/mol. The number of fused-ring (bicyclic) bond motifs is 2. The lowest BCUT2D eigenvalue weighted by molar-refractivity contribution is -0.160. The number of hydrogen-bond donors (Lipinski definition) is 0. The molecule has 2 aliphatic carbocycles. The maximum atomic E-state index is 11.7. The third-order valence-corrected chi connectivity index (χ3v) is 5.44. The molecule has 0 heterocycles. The van der Waals surface area contributed by atoms with Gasteiger partial charge in [-0.25, -0.2) is 0 Å². The summed E-state index contributed by atoms with van der Waals surface area (Å²) in [7, 11) is 0. The van der Waals surface area contributed by atoms with Crippen LogP contribution in [-0.2, 0) is 9.53 Å². The summed E-state index contributed by atoms with van der Waals surface area (Å²) in [5, 5.41) is 0. The van der Waals surface area contributed by atoms with Crippen molar-refractivity contribution in [1.29, 1.82) is 0 Å². The summed E-state index contributed by atoms with van der Waals surface area (Å²) in [6, 6.07) is 0. The molecule has 0 radical (unpaired) electrons. The molecule has 0 N–H and O–H groups in total. The summed E-state index contributed by atoms with van der Waals surface area (Å²) in [5.41, 5.74) is 0.525. The lowest BCUT2D eigenvalue weighted by Crippen LogP contribution is -2.39. The van der Waals surface area contributed by atoms with E-state index in [1.807, 2.05) is 13.8 Å². The van der Waals surface area contributed by atoms with E-state index in [0.717, 1.165) is 12.3 Å². The minimum Gasteiger partial charge on any atom is -0.462 e. The normalized spacial score (nSPS) is 40.4. The van der Waals surface area contributed by atoms with Crippen LogP contribution in [0.1, 0.15) is 53.9 Å². The number of esters is 1. The van der Waals surface area contributed by atoms with E-state index in [0.29, 0.717) is 5.41 Å². The van der Waals surface area contributed by atoms with Gasteiger partial charge in [0.25, 0.3) is 0 Å². The van der Waals surface area contributed by atoms with Gasteiger partial charge in [-0.3, -0.25) is 4.79 Å². The Balaban J connectivity index is 2.13. The topological polar surface area (TPSA) is 26.3 Å². The van der Waals surface area contributed by atoms with E-state index in [1.165, 1.54) is 12.8 Å². The van der Waals surface area contributed by atoms with Gasteiger partial charge in [0.15, 0.2) is 0 Å². The van der Waals surface area contributed by atoms with Crippen molar-refractivity contribution in [3.05, 3.63) is 0 Å². The number of carbonyl (C=O) groups is 1. The largest absolute Gasteiger partial charge is 0.462 e. The molecule has 92 valence electrons. The predicted molar refractivity (Wildman–Crippen MR) is 63.9 cm³/mol. The van der Waals surface area contributed by atoms with Gasteiger partial charge in [0, 0.05) is 5.41 Å². The first-order chi connectivity index (χ1) is 7.29. The molecule has 0 aromatic rings. The minimum atomic E-state index is -0.0328. The van der Waals surface area contributed by atoms with E-state index in [4.69, 9.17) is 4.74 Å². The summed E-state index contributed by atoms with van der Waals surface area (Å²) >= 11 is 0. The van der Waals surface area contributed by atoms with Crippen molar-refractivity contribution in [2.75, 3.05) is 0 Å². The lowest BCUT2D eigenvalue weighted by atomic mass is 9.70. The Morgan fingerprint density at radius 2 is 1.94 bits per heavy atom. The second kappa shape index (κ2) is 3.48. The smallest absolute Gasteiger partial charge is 0.308 e. The second-order valence-electron chi connectivity index (χ2n) is 6.69. The van der Waals surface area contributed by atoms with Crippen LogP contribution in [0.3, 0.4) is 0 Å². The van der Waals surface area contributed by atoms with E-state index in [-0.39, 0.29) is 23.4 Å². The number of rotatable bonds is 2. The predicted octanol–water partition coefficient (Wildman–Crippen LogP) is 3.40. The maximum Gasteiger partial charge on any atom is 0.308 e. The highest BCUT2D eigenvalue weighted by molar-refractivity contribution is 5.71. The summed E-state index contributed by atoms with van der Waals surface area (Å²) in [4.78, 5) is 11.7. The van der Waals surface area contributed by atoms with Crippen molar-refractivity contribution in [2.45, 2.75) is 60.0 Å². The van der Waals surface area contributed by atoms with Gasteiger partial charge in [-0.15, -0.1) is 0 Å². The van der Waals surface area contributed by atoms with Crippen molar-refractivity contribution < 1.29 is 9.53 Å². The van der Waals surface area contributed by atoms with E-state index < -0.39 is 0 Å². The molecule has 2 nitrogen and oxygen atoms in total. The van der Waals surface area contributed by atoms with Crippen LogP contribution in [0.4, 0.5) is 0 Å². The molecule has 2 unspecified atom stereocenters. The average molecular weight is 224 g/mol. The maximum absolute atomic E-state index is 11.7. The average Bonchev–Trinajstić information content (AvgIpc) is 2.50. The van der Waals surface area contributed by atoms with Crippen LogP contribution >= 0.6 is 0 Å². The van der Waals surface area contributed by atoms with Crippen LogP contribution in [0.15, 0.2) is 0 Å². The molecule has 2 fully saturated rings. The van der Waals surface area contributed by atoms with Crippen LogP contribution in [0, 0.1) is 22.7 Å². The zero-order valence-corrected chi connectivity index (χ0v) is 11.2. The third-order valence-electron chi connectivity index (χ3n) is 5.44. The Labute approximate surface area is 98.7 Å². The third kappa shape index (κ3) is 1.42. The molecule has 0 aromatic heterocycles. The molecule has 0 aliphatic heterocycles. The first-order valence-electron chi connectivity index (χ1n) is 6.49. The van der Waals surface area contributed by atoms with Gasteiger partial charge in [0.1, 0.15) is 6.10 Å². The first-order valence-corrected chi connectivity index (χ1v) is 6.49. The molecule has 0 amide bonds. The van der Waals surface area contributed by atoms with Gasteiger partial charge in [0.2, 0.25) is 0 Å². The zero-order valence-electron chi connectivity index (χ0n) is 11.2. The van der Waals surface area contributed by atoms with Gasteiger partial charge >= 0.3 is 5.97 Å². The fourth-order valence-corrected chi connectivity index (χ4v) is 3.58. The first kappa shape index (κ1) is 11.9. The molecule has 2 rings (SSSR count). The highest BCUT2D eigenvalue weighted by atomic mass is 16.5. The van der Waals surface area contributed by atoms with Crippen LogP contribution in [0.5, 0.6) is 0 Å². The molecular formula is C14H24O2. The van der Waals surface area contributed by atoms with E-state index >= 15 is 0 Å². The molecule has 2 bridgehead atoms. The minimum absolute atomic E-state index is 0.00848. The van der Waals surface area contributed by atoms with Crippen LogP contribution in [-0.4, -0.2) is 12.1 Å². The Hall–Kier alpha value is -0.530. The van der Waals surface area contributed by atoms with Crippen molar-refractivity contribution in [3.63, 3.8) is 0 Å². The van der Waals surface area contributed by atoms with E-state index in [2.05, 4.69) is 20.8 Å². The summed E-state index contributed by atoms with van der Waals surface area (Å²) in [6.07, 6.45) is 3.73. The zero-order chi connectivity index (χ0) is 12.1. The summed E-state index contributed by atoms with van der Waals surface area (Å²) < 4.78 is 5.71. The van der Waals surface area contributed by atoms with Crippen LogP contribution in [0.2, 0.25) is 0 Å². The number of carbonyl (C=O) groups excluding carboxylic acids is 1. The molecule has 0 saturated heterocycles. The van der Waals surface area contributed by atoms with E-state index in [9.17, 15) is 4.79 Å². The Morgan fingerprint density at radius 1 is 1.31 bits per heavy atom. The van der Waals surface area contributed by atoms with Gasteiger partial charge in [-0.1, -0.05) is 34.6 Å². The molecule has 3 atom stereocenters. The molecule has 16 heavy (non-hydrogen) atoms. The molecule has 2 heteroatoms. The fourth-order valence-electron chi connectivity index (χ4n) is 3.58. The standard InChI is InChI=1S/C14H24O2/c1-9(2)12(15)16-11-8-10-6-7-14(11,5)13(10,3)4/h9-11H,6-8H2,1-5H3/t10?,11?,14-/m0/s1. The van der Waals surface area contributed by atoms with Gasteiger partial charge in [-0.05, 0) is 30.6 Å². The SMILES string of the molecule is CC(C)C(=O)OC1CC2CC[C@]1(C)C2(C)C. The Bertz CT molecular complexity index is 306. The van der Waals surface area contributed by atoms with Crippen LogP contribution in [0.25, 0.3) is 0 Å². The molecule has 0 aromatic carbocycles. The molecule has 0 spiro atoms. The van der Waals surface area contributed by atoms with Gasteiger partial charge in [0.05, 0.1) is 5.92 Å². The van der Waals surface area contributed by atoms with Gasteiger partial charge < -0.3 is 4.74 Å². The van der Waals surface area contributed by atoms with Gasteiger partial charge in [-0.2, -0.15) is 0 Å². The second-order valence-corrected chi connectivity index (χ2v) is 6.69. The van der Waals surface area contributed by atoms with Crippen molar-refractivity contribution in [3.8, 4) is 0 Å². The fraction of sp³-hybridized carbons (Fsp3) is 0.929. The highest BCUT2D eigenvalue weighted by Gasteiger charge is 2.62.